The van der Waals surface area contributed by atoms with Crippen LogP contribution in [0.25, 0.3) is 0 Å². The van der Waals surface area contributed by atoms with Gasteiger partial charge in [-0.15, -0.1) is 0 Å². The summed E-state index contributed by atoms with van der Waals surface area (Å²) in [4.78, 5) is 31.2. The number of Topliss-reactive ketones (excluding diaryl/α,β-unsaturated/α-hetero) is 2. The van der Waals surface area contributed by atoms with Crippen LogP contribution >= 0.6 is 48.9 Å². The van der Waals surface area contributed by atoms with E-state index in [1.54, 1.807) is 38.0 Å². The summed E-state index contributed by atoms with van der Waals surface area (Å²) < 4.78 is 0. The van der Waals surface area contributed by atoms with Crippen LogP contribution in [0, 0.1) is 0 Å². The summed E-state index contributed by atoms with van der Waals surface area (Å²) in [6, 6.07) is 2.07. The first kappa shape index (κ1) is 40.1. The van der Waals surface area contributed by atoms with E-state index in [1.165, 1.54) is 30.7 Å². The molecule has 0 aromatic carbocycles. The molecule has 0 saturated heterocycles. The number of carbonyl (C=O) groups excluding carboxylic acids is 2. The van der Waals surface area contributed by atoms with Crippen LogP contribution in [0.1, 0.15) is 65.2 Å². The number of hydrazine groups is 2. The van der Waals surface area contributed by atoms with Crippen molar-refractivity contribution in [3.63, 3.8) is 0 Å². The predicted octanol–water partition coefficient (Wildman–Crippen LogP) is 1.25. The average Bonchev–Trinajstić information content (AvgIpc) is 3.70. The first-order chi connectivity index (χ1) is 19.4. The molecule has 42 heavy (non-hydrogen) atoms. The van der Waals surface area contributed by atoms with Crippen molar-refractivity contribution in [2.45, 2.75) is 89.4 Å². The lowest BCUT2D eigenvalue weighted by molar-refractivity contribution is -0.127. The minimum atomic E-state index is -0.132. The van der Waals surface area contributed by atoms with Gasteiger partial charge in [0.25, 0.3) is 0 Å². The molecule has 8 N–H and O–H groups in total. The van der Waals surface area contributed by atoms with Gasteiger partial charge in [0.15, 0.2) is 26.9 Å². The number of isothiocyanates is 1. The number of nitrogens with one attached hydrogen (secondary N) is 4. The number of aliphatic imine (C=N–C) groups is 1. The van der Waals surface area contributed by atoms with Gasteiger partial charge in [-0.05, 0) is 107 Å². The molecule has 0 radical (unpaired) electrons. The third-order valence-corrected chi connectivity index (χ3v) is 7.10. The van der Waals surface area contributed by atoms with E-state index in [9.17, 15) is 9.59 Å². The van der Waals surface area contributed by atoms with Crippen molar-refractivity contribution in [1.82, 2.24) is 36.2 Å². The molecule has 12 nitrogen and oxygen atoms in total. The molecule has 0 spiro atoms. The van der Waals surface area contributed by atoms with E-state index < -0.39 is 0 Å². The zero-order valence-corrected chi connectivity index (χ0v) is 27.7. The third kappa shape index (κ3) is 21.7. The summed E-state index contributed by atoms with van der Waals surface area (Å²) in [5, 5.41) is 15.0. The molecule has 240 valence electrons. The molecule has 4 aliphatic rings. The lowest BCUT2D eigenvalue weighted by atomic mass is 10.2. The van der Waals surface area contributed by atoms with Crippen LogP contribution in [0.2, 0.25) is 0 Å². The van der Waals surface area contributed by atoms with Crippen LogP contribution in [0.4, 0.5) is 0 Å². The molecule has 4 rings (SSSR count). The number of hydrogen-bond acceptors (Lipinski definition) is 10. The molecule has 0 heterocycles. The van der Waals surface area contributed by atoms with E-state index in [1.807, 2.05) is 0 Å². The molecule has 4 saturated carbocycles. The lowest BCUT2D eigenvalue weighted by Gasteiger charge is -2.21. The Morgan fingerprint density at radius 2 is 1.12 bits per heavy atom. The molecule has 16 heteroatoms. The number of nitrogens with two attached hydrogens (primary N) is 2. The van der Waals surface area contributed by atoms with E-state index in [-0.39, 0.29) is 38.5 Å². The summed E-state index contributed by atoms with van der Waals surface area (Å²) in [5.41, 5.74) is 2.25. The second kappa shape index (κ2) is 21.7. The fourth-order valence-electron chi connectivity index (χ4n) is 2.81. The topological polar surface area (TPSA) is 156 Å². The number of hydrogen-bond donors (Lipinski definition) is 6. The third-order valence-electron chi connectivity index (χ3n) is 5.73. The molecule has 0 aromatic rings. The van der Waals surface area contributed by atoms with Gasteiger partial charge in [0.1, 0.15) is 0 Å². The van der Waals surface area contributed by atoms with Crippen molar-refractivity contribution in [2.75, 3.05) is 41.3 Å². The minimum absolute atomic E-state index is 0. The van der Waals surface area contributed by atoms with Gasteiger partial charge >= 0.3 is 0 Å². The Morgan fingerprint density at radius 1 is 0.786 bits per heavy atom. The summed E-state index contributed by atoms with van der Waals surface area (Å²) in [5.74, 6) is 9.67. The Balaban J connectivity index is 0.000000719. The smallest absolute Gasteiger partial charge is 0.183 e. The van der Waals surface area contributed by atoms with Gasteiger partial charge in [0.2, 0.25) is 0 Å². The number of thiocarbonyl (C=S) groups is 4. The first-order valence-electron chi connectivity index (χ1n) is 13.7. The molecule has 0 unspecified atom stereocenters. The largest absolute Gasteiger partial charge is 0.360 e. The van der Waals surface area contributed by atoms with Crippen molar-refractivity contribution in [3.8, 4) is 0 Å². The van der Waals surface area contributed by atoms with E-state index in [0.29, 0.717) is 39.5 Å². The average molecular weight is 663 g/mol. The lowest BCUT2D eigenvalue weighted by Crippen LogP contribution is -2.43. The van der Waals surface area contributed by atoms with Gasteiger partial charge in [-0.1, -0.05) is 7.43 Å². The van der Waals surface area contributed by atoms with Gasteiger partial charge < -0.3 is 25.8 Å². The first-order valence-corrected chi connectivity index (χ1v) is 15.3. The summed E-state index contributed by atoms with van der Waals surface area (Å²) in [6.45, 7) is 0.303. The summed E-state index contributed by atoms with van der Waals surface area (Å²) >= 11 is 19.7. The molecule has 0 aromatic heterocycles. The van der Waals surface area contributed by atoms with Crippen LogP contribution in [0.15, 0.2) is 4.99 Å². The number of rotatable bonds is 10. The van der Waals surface area contributed by atoms with E-state index in [0.717, 1.165) is 25.7 Å². The molecule has 4 fully saturated rings. The van der Waals surface area contributed by atoms with Crippen LogP contribution in [-0.4, -0.2) is 112 Å². The van der Waals surface area contributed by atoms with E-state index >= 15 is 0 Å². The van der Waals surface area contributed by atoms with Gasteiger partial charge in [-0.2, -0.15) is 0 Å². The highest BCUT2D eigenvalue weighted by molar-refractivity contribution is 7.80. The van der Waals surface area contributed by atoms with E-state index in [2.05, 4.69) is 49.6 Å². The molecule has 0 aliphatic heterocycles. The van der Waals surface area contributed by atoms with Crippen LogP contribution in [0.5, 0.6) is 0 Å². The highest BCUT2D eigenvalue weighted by Gasteiger charge is 2.25. The van der Waals surface area contributed by atoms with Crippen molar-refractivity contribution in [3.05, 3.63) is 0 Å². The maximum atomic E-state index is 12.0. The van der Waals surface area contributed by atoms with Gasteiger partial charge in [0.05, 0.1) is 30.7 Å². The van der Waals surface area contributed by atoms with Gasteiger partial charge in [-0.25, -0.2) is 10.8 Å². The van der Waals surface area contributed by atoms with Crippen LogP contribution in [0.3, 0.4) is 0 Å². The molecule has 4 aliphatic carbocycles. The molecule has 0 atom stereocenters. The maximum Gasteiger partial charge on any atom is 0.183 e. The SMILES string of the molecule is C.CN(CC(=O)CC(=O)CN(C)C(=S)NC1CC1)C(=S)NC1CC1.CN(N)C(=S)NC1CC1.CNN.S=C=NC1CC1. The Hall–Kier alpha value is -1.91. The molecule has 0 bridgehead atoms. The fourth-order valence-corrected chi connectivity index (χ4v) is 3.59. The molecule has 0 amide bonds. The highest BCUT2D eigenvalue weighted by Crippen LogP contribution is 2.22. The minimum Gasteiger partial charge on any atom is -0.360 e. The van der Waals surface area contributed by atoms with Crippen molar-refractivity contribution >= 4 is 80.9 Å². The Bertz CT molecular complexity index is 888. The van der Waals surface area contributed by atoms with Crippen molar-refractivity contribution in [2.24, 2.45) is 16.7 Å². The van der Waals surface area contributed by atoms with E-state index in [4.69, 9.17) is 42.5 Å². The second-order valence-electron chi connectivity index (χ2n) is 10.5. The normalized spacial score (nSPS) is 15.9. The Morgan fingerprint density at radius 3 is 1.36 bits per heavy atom. The number of ketones is 2. The second-order valence-corrected chi connectivity index (χ2v) is 11.8. The monoisotopic (exact) mass is 662 g/mol. The Kier molecular flexibility index (Phi) is 20.7. The van der Waals surface area contributed by atoms with Crippen LogP contribution < -0.4 is 33.1 Å². The van der Waals surface area contributed by atoms with Gasteiger partial charge in [0, 0.05) is 39.3 Å². The standard InChI is InChI=1S/C15H24N4O2S2.C5H11N3S.C4H5NS.CH6N2.CH4/c1-18(14(22)16-10-3-4-10)8-12(20)7-13(21)9-19(2)15(23)17-11-5-6-11;1-8(6)5(9)7-4-2-3-4;6-3-5-4-1-2-4;1-3-2;/h10-11H,3-9H2,1-2H3,(H,16,22)(H,17,23);4H,2-3,6H2,1H3,(H,7,9);4H,1-2H2;3H,2H2,1H3;1H4. The Labute approximate surface area is 273 Å². The molecular weight excluding hydrogens is 613 g/mol. The fraction of sp³-hybridized carbons (Fsp3) is 0.769. The quantitative estimate of drug-likeness (QED) is 0.0653. The zero-order valence-electron chi connectivity index (χ0n) is 24.5. The predicted molar refractivity (Wildman–Crippen MR) is 186 cm³/mol. The molecular formula is C26H50N10O2S4. The maximum absolute atomic E-state index is 12.0. The zero-order chi connectivity index (χ0) is 30.9. The van der Waals surface area contributed by atoms with Crippen LogP contribution in [-0.2, 0) is 9.59 Å². The summed E-state index contributed by atoms with van der Waals surface area (Å²) in [6.07, 6.45) is 9.33. The summed E-state index contributed by atoms with van der Waals surface area (Å²) in [7, 11) is 6.92. The number of carbonyl (C=O) groups is 2. The van der Waals surface area contributed by atoms with Crippen molar-refractivity contribution < 1.29 is 9.59 Å². The van der Waals surface area contributed by atoms with Crippen molar-refractivity contribution in [1.29, 1.82) is 0 Å². The number of nitrogens with zero attached hydrogens (tertiary/aromatic N) is 4. The highest BCUT2D eigenvalue weighted by atomic mass is 32.1. The number of likely N-dealkylation sites (N-methyl/N-ethyl adjacent to an activating group) is 2. The van der Waals surface area contributed by atoms with Gasteiger partial charge in [-0.3, -0.25) is 25.9 Å².